The molecule has 2 fully saturated rings. The van der Waals surface area contributed by atoms with Crippen LogP contribution in [0.1, 0.15) is 57.7 Å². The Balaban J connectivity index is 1.73. The van der Waals surface area contributed by atoms with Crippen LogP contribution in [0.4, 0.5) is 4.79 Å². The summed E-state index contributed by atoms with van der Waals surface area (Å²) in [6, 6.07) is 4.43. The molecule has 2 saturated heterocycles. The fourth-order valence-electron chi connectivity index (χ4n) is 4.29. The molecular weight excluding hydrogens is 400 g/mol. The molecule has 1 aromatic rings. The Morgan fingerprint density at radius 2 is 1.97 bits per heavy atom. The molecule has 8 heteroatoms. The summed E-state index contributed by atoms with van der Waals surface area (Å²) in [5.41, 5.74) is 0.909. The second kappa shape index (κ2) is 9.04. The average Bonchev–Trinajstić information content (AvgIpc) is 3.34. The molecule has 0 spiro atoms. The summed E-state index contributed by atoms with van der Waals surface area (Å²) >= 11 is 0. The maximum atomic E-state index is 13.3. The number of nitrogens with zero attached hydrogens (tertiary/aromatic N) is 2. The zero-order valence-corrected chi connectivity index (χ0v) is 19.0. The van der Waals surface area contributed by atoms with Gasteiger partial charge in [0, 0.05) is 12.1 Å². The maximum absolute atomic E-state index is 13.3. The van der Waals surface area contributed by atoms with E-state index in [9.17, 15) is 19.8 Å². The molecule has 3 rings (SSSR count). The highest BCUT2D eigenvalue weighted by Crippen LogP contribution is 2.35. The third-order valence-corrected chi connectivity index (χ3v) is 5.93. The Hall–Kier alpha value is -2.32. The van der Waals surface area contributed by atoms with E-state index in [-0.39, 0.29) is 25.0 Å². The third-order valence-electron chi connectivity index (χ3n) is 5.93. The van der Waals surface area contributed by atoms with Crippen LogP contribution in [0.2, 0.25) is 0 Å². The van der Waals surface area contributed by atoms with Crippen LogP contribution in [0, 0.1) is 12.8 Å². The van der Waals surface area contributed by atoms with Crippen molar-refractivity contribution in [2.24, 2.45) is 5.92 Å². The van der Waals surface area contributed by atoms with E-state index < -0.39 is 35.8 Å². The largest absolute Gasteiger partial charge is 0.508 e. The van der Waals surface area contributed by atoms with Gasteiger partial charge in [-0.1, -0.05) is 19.1 Å². The molecule has 2 aliphatic heterocycles. The van der Waals surface area contributed by atoms with Gasteiger partial charge in [0.1, 0.15) is 18.1 Å². The lowest BCUT2D eigenvalue weighted by atomic mass is 9.93. The summed E-state index contributed by atoms with van der Waals surface area (Å²) in [6.07, 6.45) is -0.151. The summed E-state index contributed by atoms with van der Waals surface area (Å²) in [4.78, 5) is 28.9. The van der Waals surface area contributed by atoms with E-state index in [1.165, 1.54) is 4.90 Å². The Morgan fingerprint density at radius 3 is 2.61 bits per heavy atom. The van der Waals surface area contributed by atoms with Crippen LogP contribution in [-0.2, 0) is 14.3 Å². The number of benzene rings is 1. The first kappa shape index (κ1) is 23.3. The quantitative estimate of drug-likeness (QED) is 0.756. The number of phenolic OH excluding ortho intramolecular Hbond substituents is 1. The number of ether oxygens (including phenoxy) is 2. The Morgan fingerprint density at radius 1 is 1.26 bits per heavy atom. The molecule has 1 aromatic carbocycles. The van der Waals surface area contributed by atoms with Gasteiger partial charge in [0.2, 0.25) is 5.91 Å². The topological polar surface area (TPSA) is 99.5 Å². The predicted octanol–water partition coefficient (Wildman–Crippen LogP) is 2.95. The number of rotatable bonds is 4. The Labute approximate surface area is 183 Å². The number of hydrogen-bond donors (Lipinski definition) is 2. The number of carbonyl (C=O) groups is 2. The molecule has 172 valence electrons. The van der Waals surface area contributed by atoms with Crippen LogP contribution in [0.15, 0.2) is 18.2 Å². The van der Waals surface area contributed by atoms with Crippen molar-refractivity contribution in [3.63, 3.8) is 0 Å². The fourth-order valence-corrected chi connectivity index (χ4v) is 4.29. The zero-order chi connectivity index (χ0) is 22.9. The van der Waals surface area contributed by atoms with Crippen molar-refractivity contribution in [2.75, 3.05) is 19.9 Å². The van der Waals surface area contributed by atoms with Gasteiger partial charge in [0.15, 0.2) is 0 Å². The standard InChI is InChI=1S/C23H34N2O6/c1-14-8-9-16(19(26)11-14)18-12-30-13-25(18)21(28)15(2)20(27)17-7-6-10-24(17)22(29)31-23(3,4)5/h8-9,11,15,17-18,20,26-27H,6-7,10,12-13H2,1-5H3/t15-,17+,18+,20-/m1/s1. The van der Waals surface area contributed by atoms with Crippen molar-refractivity contribution in [3.05, 3.63) is 29.3 Å². The van der Waals surface area contributed by atoms with Crippen LogP contribution in [-0.4, -0.2) is 69.6 Å². The lowest BCUT2D eigenvalue weighted by Gasteiger charge is -2.34. The molecule has 31 heavy (non-hydrogen) atoms. The van der Waals surface area contributed by atoms with Gasteiger partial charge in [-0.3, -0.25) is 4.79 Å². The van der Waals surface area contributed by atoms with Gasteiger partial charge in [-0.2, -0.15) is 0 Å². The number of aromatic hydroxyl groups is 1. The number of likely N-dealkylation sites (tertiary alicyclic amines) is 1. The van der Waals surface area contributed by atoms with Crippen LogP contribution < -0.4 is 0 Å². The van der Waals surface area contributed by atoms with Crippen LogP contribution in [0.3, 0.4) is 0 Å². The molecular formula is C23H34N2O6. The predicted molar refractivity (Wildman–Crippen MR) is 114 cm³/mol. The summed E-state index contributed by atoms with van der Waals surface area (Å²) < 4.78 is 11.0. The molecule has 8 nitrogen and oxygen atoms in total. The highest BCUT2D eigenvalue weighted by atomic mass is 16.6. The van der Waals surface area contributed by atoms with Gasteiger partial charge in [-0.05, 0) is 52.2 Å². The summed E-state index contributed by atoms with van der Waals surface area (Å²) in [7, 11) is 0. The molecule has 0 aromatic heterocycles. The number of amides is 2. The minimum absolute atomic E-state index is 0.0916. The van der Waals surface area contributed by atoms with Crippen molar-refractivity contribution in [1.82, 2.24) is 9.80 Å². The van der Waals surface area contributed by atoms with Crippen molar-refractivity contribution < 1.29 is 29.3 Å². The van der Waals surface area contributed by atoms with E-state index in [4.69, 9.17) is 9.47 Å². The number of carbonyl (C=O) groups excluding carboxylic acids is 2. The highest BCUT2D eigenvalue weighted by Gasteiger charge is 2.43. The van der Waals surface area contributed by atoms with E-state index in [1.807, 2.05) is 13.0 Å². The number of hydrogen-bond acceptors (Lipinski definition) is 6. The van der Waals surface area contributed by atoms with Crippen molar-refractivity contribution in [2.45, 2.75) is 71.2 Å². The van der Waals surface area contributed by atoms with E-state index in [1.54, 1.807) is 44.7 Å². The molecule has 0 unspecified atom stereocenters. The summed E-state index contributed by atoms with van der Waals surface area (Å²) in [5, 5.41) is 21.4. The fraction of sp³-hybridized carbons (Fsp3) is 0.652. The third kappa shape index (κ3) is 5.13. The van der Waals surface area contributed by atoms with Crippen molar-refractivity contribution in [1.29, 1.82) is 0 Å². The first-order valence-corrected chi connectivity index (χ1v) is 10.8. The number of phenols is 1. The maximum Gasteiger partial charge on any atom is 0.410 e. The molecule has 0 bridgehead atoms. The lowest BCUT2D eigenvalue weighted by Crippen LogP contribution is -2.50. The first-order chi connectivity index (χ1) is 14.5. The average molecular weight is 435 g/mol. The molecule has 4 atom stereocenters. The summed E-state index contributed by atoms with van der Waals surface area (Å²) in [6.45, 7) is 9.81. The van der Waals surface area contributed by atoms with Gasteiger partial charge in [0.25, 0.3) is 0 Å². The van der Waals surface area contributed by atoms with Crippen LogP contribution >= 0.6 is 0 Å². The molecule has 2 heterocycles. The Kier molecular flexibility index (Phi) is 6.81. The first-order valence-electron chi connectivity index (χ1n) is 10.8. The SMILES string of the molecule is Cc1ccc([C@@H]2COCN2C(=O)[C@H](C)[C@@H](O)[C@@H]2CCCN2C(=O)OC(C)(C)C)c(O)c1. The van der Waals surface area contributed by atoms with Gasteiger partial charge in [-0.25, -0.2) is 4.79 Å². The normalized spacial score (nSPS) is 23.7. The number of aryl methyl sites for hydroxylation is 1. The molecule has 2 amide bonds. The molecule has 0 aliphatic carbocycles. The summed E-state index contributed by atoms with van der Waals surface area (Å²) in [5.74, 6) is -0.899. The molecule has 2 N–H and O–H groups in total. The smallest absolute Gasteiger partial charge is 0.410 e. The van der Waals surface area contributed by atoms with E-state index in [0.717, 1.165) is 12.0 Å². The van der Waals surface area contributed by atoms with E-state index in [0.29, 0.717) is 18.5 Å². The Bertz CT molecular complexity index is 821. The molecule has 0 radical (unpaired) electrons. The van der Waals surface area contributed by atoms with E-state index in [2.05, 4.69) is 0 Å². The van der Waals surface area contributed by atoms with Crippen molar-refractivity contribution >= 4 is 12.0 Å². The second-order valence-electron chi connectivity index (χ2n) is 9.55. The van der Waals surface area contributed by atoms with E-state index >= 15 is 0 Å². The lowest BCUT2D eigenvalue weighted by molar-refractivity contribution is -0.142. The minimum atomic E-state index is -1.03. The van der Waals surface area contributed by atoms with Gasteiger partial charge in [-0.15, -0.1) is 0 Å². The minimum Gasteiger partial charge on any atom is -0.508 e. The zero-order valence-electron chi connectivity index (χ0n) is 19.0. The number of aliphatic hydroxyl groups excluding tert-OH is 1. The molecule has 2 aliphatic rings. The monoisotopic (exact) mass is 434 g/mol. The molecule has 0 saturated carbocycles. The van der Waals surface area contributed by atoms with Crippen LogP contribution in [0.5, 0.6) is 5.75 Å². The van der Waals surface area contributed by atoms with Gasteiger partial charge < -0.3 is 29.5 Å². The van der Waals surface area contributed by atoms with Gasteiger partial charge in [0.05, 0.1) is 30.7 Å². The van der Waals surface area contributed by atoms with Gasteiger partial charge >= 0.3 is 6.09 Å². The van der Waals surface area contributed by atoms with Crippen molar-refractivity contribution in [3.8, 4) is 5.75 Å². The van der Waals surface area contributed by atoms with Crippen LogP contribution in [0.25, 0.3) is 0 Å². The second-order valence-corrected chi connectivity index (χ2v) is 9.55. The highest BCUT2D eigenvalue weighted by molar-refractivity contribution is 5.80. The number of aliphatic hydroxyl groups is 1.